The van der Waals surface area contributed by atoms with Crippen LogP contribution in [0.4, 0.5) is 5.69 Å². The first-order valence-electron chi connectivity index (χ1n) is 6.55. The van der Waals surface area contributed by atoms with Gasteiger partial charge in [0.25, 0.3) is 0 Å². The molecule has 2 aromatic carbocycles. The first-order chi connectivity index (χ1) is 10.2. The first kappa shape index (κ1) is 13.8. The summed E-state index contributed by atoms with van der Waals surface area (Å²) in [6.45, 7) is 2.83. The third-order valence-electron chi connectivity index (χ3n) is 3.15. The Morgan fingerprint density at radius 3 is 2.86 bits per heavy atom. The molecular formula is C15H14BrN5. The number of hydrogen-bond donors (Lipinski definition) is 1. The molecule has 0 aliphatic heterocycles. The molecule has 1 heterocycles. The zero-order valence-corrected chi connectivity index (χ0v) is 13.1. The van der Waals surface area contributed by atoms with Gasteiger partial charge < -0.3 is 5.32 Å². The van der Waals surface area contributed by atoms with Gasteiger partial charge in [0.05, 0.1) is 5.69 Å². The Morgan fingerprint density at radius 1 is 1.19 bits per heavy atom. The Bertz CT molecular complexity index is 740. The second-order valence-corrected chi connectivity index (χ2v) is 5.61. The van der Waals surface area contributed by atoms with E-state index < -0.39 is 0 Å². The van der Waals surface area contributed by atoms with Gasteiger partial charge in [0, 0.05) is 16.7 Å². The Labute approximate surface area is 131 Å². The summed E-state index contributed by atoms with van der Waals surface area (Å²) in [5.74, 6) is 0. The SMILES string of the molecule is Cc1ccc(CNc2cccc(-n3cnnn3)c2)c(Br)c1. The fourth-order valence-electron chi connectivity index (χ4n) is 2.03. The van der Waals surface area contributed by atoms with Crippen LogP contribution in [0.2, 0.25) is 0 Å². The van der Waals surface area contributed by atoms with Crippen LogP contribution < -0.4 is 5.32 Å². The zero-order chi connectivity index (χ0) is 14.7. The van der Waals surface area contributed by atoms with Crippen molar-refractivity contribution in [3.8, 4) is 5.69 Å². The number of benzene rings is 2. The molecule has 0 unspecified atom stereocenters. The van der Waals surface area contributed by atoms with Gasteiger partial charge in [0.1, 0.15) is 6.33 Å². The van der Waals surface area contributed by atoms with Gasteiger partial charge in [-0.15, -0.1) is 5.10 Å². The summed E-state index contributed by atoms with van der Waals surface area (Å²) >= 11 is 3.60. The number of nitrogens with one attached hydrogen (secondary N) is 1. The van der Waals surface area contributed by atoms with E-state index in [1.54, 1.807) is 11.0 Å². The number of aromatic nitrogens is 4. The van der Waals surface area contributed by atoms with Crippen LogP contribution in [0, 0.1) is 6.92 Å². The monoisotopic (exact) mass is 343 g/mol. The third-order valence-corrected chi connectivity index (χ3v) is 3.89. The Kier molecular flexibility index (Phi) is 3.96. The molecule has 5 nitrogen and oxygen atoms in total. The highest BCUT2D eigenvalue weighted by atomic mass is 79.9. The van der Waals surface area contributed by atoms with Crippen molar-refractivity contribution in [2.24, 2.45) is 0 Å². The van der Waals surface area contributed by atoms with Crippen LogP contribution in [-0.2, 0) is 6.54 Å². The lowest BCUT2D eigenvalue weighted by atomic mass is 10.1. The van der Waals surface area contributed by atoms with Gasteiger partial charge in [-0.25, -0.2) is 4.68 Å². The fraction of sp³-hybridized carbons (Fsp3) is 0.133. The second-order valence-electron chi connectivity index (χ2n) is 4.75. The average Bonchev–Trinajstić information content (AvgIpc) is 3.01. The molecule has 0 aliphatic carbocycles. The molecule has 0 aliphatic rings. The molecule has 1 aromatic heterocycles. The predicted molar refractivity (Wildman–Crippen MR) is 85.4 cm³/mol. The van der Waals surface area contributed by atoms with E-state index in [-0.39, 0.29) is 0 Å². The fourth-order valence-corrected chi connectivity index (χ4v) is 2.66. The molecule has 0 saturated carbocycles. The molecule has 0 radical (unpaired) electrons. The van der Waals surface area contributed by atoms with Gasteiger partial charge in [0.2, 0.25) is 0 Å². The molecule has 0 spiro atoms. The smallest absolute Gasteiger partial charge is 0.143 e. The van der Waals surface area contributed by atoms with Gasteiger partial charge in [-0.3, -0.25) is 0 Å². The maximum atomic E-state index is 3.89. The van der Waals surface area contributed by atoms with E-state index in [0.29, 0.717) is 0 Å². The van der Waals surface area contributed by atoms with Gasteiger partial charge in [0.15, 0.2) is 0 Å². The summed E-state index contributed by atoms with van der Waals surface area (Å²) in [4.78, 5) is 0. The highest BCUT2D eigenvalue weighted by molar-refractivity contribution is 9.10. The van der Waals surface area contributed by atoms with Crippen molar-refractivity contribution in [3.05, 3.63) is 64.4 Å². The lowest BCUT2D eigenvalue weighted by Gasteiger charge is -2.10. The van der Waals surface area contributed by atoms with Gasteiger partial charge in [-0.1, -0.05) is 34.1 Å². The number of aryl methyl sites for hydroxylation is 1. The summed E-state index contributed by atoms with van der Waals surface area (Å²) in [6.07, 6.45) is 1.58. The quantitative estimate of drug-likeness (QED) is 0.789. The van der Waals surface area contributed by atoms with Crippen LogP contribution >= 0.6 is 15.9 Å². The highest BCUT2D eigenvalue weighted by Gasteiger charge is 2.02. The molecule has 1 N–H and O–H groups in total. The van der Waals surface area contributed by atoms with E-state index >= 15 is 0 Å². The number of hydrogen-bond acceptors (Lipinski definition) is 4. The van der Waals surface area contributed by atoms with E-state index in [0.717, 1.165) is 22.4 Å². The summed E-state index contributed by atoms with van der Waals surface area (Å²) in [5, 5.41) is 14.6. The number of anilines is 1. The van der Waals surface area contributed by atoms with Crippen molar-refractivity contribution in [3.63, 3.8) is 0 Å². The Morgan fingerprint density at radius 2 is 2.10 bits per heavy atom. The van der Waals surface area contributed by atoms with E-state index in [4.69, 9.17) is 0 Å². The van der Waals surface area contributed by atoms with E-state index in [9.17, 15) is 0 Å². The second kappa shape index (κ2) is 6.05. The van der Waals surface area contributed by atoms with Crippen LogP contribution in [0.5, 0.6) is 0 Å². The minimum atomic E-state index is 0.750. The first-order valence-corrected chi connectivity index (χ1v) is 7.34. The number of tetrazole rings is 1. The van der Waals surface area contributed by atoms with Crippen LogP contribution in [0.15, 0.2) is 53.3 Å². The molecule has 0 fully saturated rings. The Balaban J connectivity index is 1.75. The minimum Gasteiger partial charge on any atom is -0.381 e. The largest absolute Gasteiger partial charge is 0.381 e. The minimum absolute atomic E-state index is 0.750. The normalized spacial score (nSPS) is 10.6. The summed E-state index contributed by atoms with van der Waals surface area (Å²) < 4.78 is 2.75. The average molecular weight is 344 g/mol. The predicted octanol–water partition coefficient (Wildman–Crippen LogP) is 3.35. The summed E-state index contributed by atoms with van der Waals surface area (Å²) in [5.41, 5.74) is 4.41. The lowest BCUT2D eigenvalue weighted by molar-refractivity contribution is 0.789. The van der Waals surface area contributed by atoms with Gasteiger partial charge >= 0.3 is 0 Å². The molecular weight excluding hydrogens is 330 g/mol. The van der Waals surface area contributed by atoms with Crippen molar-refractivity contribution in [1.29, 1.82) is 0 Å². The van der Waals surface area contributed by atoms with Crippen molar-refractivity contribution in [2.45, 2.75) is 13.5 Å². The lowest BCUT2D eigenvalue weighted by Crippen LogP contribution is -2.02. The number of halogens is 1. The summed E-state index contributed by atoms with van der Waals surface area (Å²) in [6, 6.07) is 14.3. The van der Waals surface area contributed by atoms with E-state index in [1.807, 2.05) is 24.3 Å². The molecule has 3 aromatic rings. The molecule has 3 rings (SSSR count). The molecule has 0 amide bonds. The van der Waals surface area contributed by atoms with Crippen molar-refractivity contribution < 1.29 is 0 Å². The van der Waals surface area contributed by atoms with Crippen molar-refractivity contribution in [2.75, 3.05) is 5.32 Å². The number of rotatable bonds is 4. The zero-order valence-electron chi connectivity index (χ0n) is 11.5. The van der Waals surface area contributed by atoms with Crippen LogP contribution in [0.25, 0.3) is 5.69 Å². The van der Waals surface area contributed by atoms with Crippen LogP contribution in [0.3, 0.4) is 0 Å². The topological polar surface area (TPSA) is 55.6 Å². The maximum Gasteiger partial charge on any atom is 0.143 e. The number of nitrogens with zero attached hydrogens (tertiary/aromatic N) is 4. The van der Waals surface area contributed by atoms with Gasteiger partial charge in [-0.2, -0.15) is 0 Å². The van der Waals surface area contributed by atoms with Crippen LogP contribution in [-0.4, -0.2) is 20.2 Å². The summed E-state index contributed by atoms with van der Waals surface area (Å²) in [7, 11) is 0. The molecule has 0 saturated heterocycles. The molecule has 0 bridgehead atoms. The van der Waals surface area contributed by atoms with Gasteiger partial charge in [-0.05, 0) is 52.7 Å². The highest BCUT2D eigenvalue weighted by Crippen LogP contribution is 2.20. The standard InChI is InChI=1S/C15H14BrN5/c1-11-5-6-12(15(16)7-11)9-17-13-3-2-4-14(8-13)21-10-18-19-20-21/h2-8,10,17H,9H2,1H3. The van der Waals surface area contributed by atoms with E-state index in [2.05, 4.69) is 61.9 Å². The Hall–Kier alpha value is -2.21. The van der Waals surface area contributed by atoms with Crippen LogP contribution in [0.1, 0.15) is 11.1 Å². The van der Waals surface area contributed by atoms with Crippen molar-refractivity contribution in [1.82, 2.24) is 20.2 Å². The van der Waals surface area contributed by atoms with E-state index in [1.165, 1.54) is 11.1 Å². The van der Waals surface area contributed by atoms with Crippen molar-refractivity contribution >= 4 is 21.6 Å². The molecule has 21 heavy (non-hydrogen) atoms. The maximum absolute atomic E-state index is 3.89. The molecule has 0 atom stereocenters. The third kappa shape index (κ3) is 3.28. The molecule has 106 valence electrons. The molecule has 6 heteroatoms.